The van der Waals surface area contributed by atoms with Gasteiger partial charge in [-0.15, -0.1) is 11.3 Å². The van der Waals surface area contributed by atoms with Crippen LogP contribution in [0.2, 0.25) is 0 Å². The second-order valence-corrected chi connectivity index (χ2v) is 5.40. The Morgan fingerprint density at radius 1 is 1.33 bits per heavy atom. The molecule has 7 heteroatoms. The van der Waals surface area contributed by atoms with Crippen molar-refractivity contribution in [2.75, 3.05) is 5.32 Å². The Kier molecular flexibility index (Phi) is 3.19. The molecule has 21 heavy (non-hydrogen) atoms. The summed E-state index contributed by atoms with van der Waals surface area (Å²) in [7, 11) is 1.81. The molecule has 3 heterocycles. The fourth-order valence-corrected chi connectivity index (χ4v) is 2.93. The van der Waals surface area contributed by atoms with Crippen molar-refractivity contribution in [1.82, 2.24) is 9.55 Å². The zero-order chi connectivity index (χ0) is 15.0. The van der Waals surface area contributed by atoms with Crippen molar-refractivity contribution in [3.63, 3.8) is 0 Å². The van der Waals surface area contributed by atoms with Crippen LogP contribution in [0.15, 0.2) is 35.8 Å². The minimum absolute atomic E-state index is 0.0770. The molecule has 0 saturated heterocycles. The largest absolute Gasteiger partial charge is 0.478 e. The number of carbonyl (C=O) groups is 2. The van der Waals surface area contributed by atoms with Crippen LogP contribution in [0.1, 0.15) is 20.8 Å². The van der Waals surface area contributed by atoms with Gasteiger partial charge in [-0.25, -0.2) is 9.78 Å². The Bertz CT molecular complexity index is 850. The summed E-state index contributed by atoms with van der Waals surface area (Å²) in [6.07, 6.45) is 1.35. The van der Waals surface area contributed by atoms with Crippen LogP contribution in [0, 0.1) is 0 Å². The van der Waals surface area contributed by atoms with E-state index in [2.05, 4.69) is 10.3 Å². The van der Waals surface area contributed by atoms with E-state index in [4.69, 9.17) is 5.11 Å². The first-order valence-corrected chi connectivity index (χ1v) is 6.98. The Balaban J connectivity index is 1.89. The fraction of sp³-hybridized carbons (Fsp3) is 0.0714. The van der Waals surface area contributed by atoms with Crippen molar-refractivity contribution in [2.45, 2.75) is 0 Å². The molecule has 2 N–H and O–H groups in total. The third kappa shape index (κ3) is 2.38. The number of hydrogen-bond donors (Lipinski definition) is 2. The molecule has 3 aromatic heterocycles. The zero-order valence-electron chi connectivity index (χ0n) is 11.0. The number of aryl methyl sites for hydroxylation is 1. The third-order valence-electron chi connectivity index (χ3n) is 3.15. The molecule has 3 aromatic rings. The standard InChI is InChI=1S/C14H11N3O3S/c1-17-9-3-5-21-11(9)7-10(17)13(18)16-12-6-8(14(19)20)2-4-15-12/h2-7H,1H3,(H,19,20)(H,15,16,18). The second kappa shape index (κ2) is 5.02. The van der Waals surface area contributed by atoms with Crippen LogP contribution in [0.3, 0.4) is 0 Å². The predicted molar refractivity (Wildman–Crippen MR) is 79.9 cm³/mol. The van der Waals surface area contributed by atoms with Gasteiger partial charge in [-0.05, 0) is 29.6 Å². The molecular formula is C14H11N3O3S. The summed E-state index contributed by atoms with van der Waals surface area (Å²) < 4.78 is 2.82. The summed E-state index contributed by atoms with van der Waals surface area (Å²) in [4.78, 5) is 27.1. The van der Waals surface area contributed by atoms with Gasteiger partial charge in [0.25, 0.3) is 5.91 Å². The maximum Gasteiger partial charge on any atom is 0.335 e. The molecule has 0 aliphatic heterocycles. The normalized spacial score (nSPS) is 10.7. The van der Waals surface area contributed by atoms with E-state index in [0.717, 1.165) is 10.2 Å². The highest BCUT2D eigenvalue weighted by Crippen LogP contribution is 2.24. The van der Waals surface area contributed by atoms with Crippen LogP contribution < -0.4 is 5.32 Å². The first-order valence-electron chi connectivity index (χ1n) is 6.10. The van der Waals surface area contributed by atoms with Crippen LogP contribution >= 0.6 is 11.3 Å². The summed E-state index contributed by atoms with van der Waals surface area (Å²) >= 11 is 1.56. The number of carboxylic acid groups (broad SMARTS) is 1. The molecule has 0 bridgehead atoms. The lowest BCUT2D eigenvalue weighted by Crippen LogP contribution is -2.16. The predicted octanol–water partition coefficient (Wildman–Crippen LogP) is 2.59. The SMILES string of the molecule is Cn1c(C(=O)Nc2cc(C(=O)O)ccn2)cc2sccc21. The van der Waals surface area contributed by atoms with Crippen LogP contribution in [0.4, 0.5) is 5.82 Å². The molecule has 3 rings (SSSR count). The summed E-state index contributed by atoms with van der Waals surface area (Å²) in [5, 5.41) is 13.5. The first kappa shape index (κ1) is 13.3. The maximum atomic E-state index is 12.3. The number of amides is 1. The average Bonchev–Trinajstić information content (AvgIpc) is 3.02. The molecule has 0 saturated carbocycles. The van der Waals surface area contributed by atoms with E-state index in [0.29, 0.717) is 5.69 Å². The van der Waals surface area contributed by atoms with E-state index in [1.54, 1.807) is 22.0 Å². The molecule has 0 spiro atoms. The summed E-state index contributed by atoms with van der Waals surface area (Å²) in [6, 6.07) is 6.44. The number of carboxylic acids is 1. The smallest absolute Gasteiger partial charge is 0.335 e. The minimum atomic E-state index is -1.06. The molecule has 0 aliphatic rings. The Hall–Kier alpha value is -2.67. The highest BCUT2D eigenvalue weighted by molar-refractivity contribution is 7.17. The van der Waals surface area contributed by atoms with E-state index < -0.39 is 5.97 Å². The van der Waals surface area contributed by atoms with Crippen molar-refractivity contribution >= 4 is 39.2 Å². The molecule has 106 valence electrons. The van der Waals surface area contributed by atoms with Gasteiger partial charge in [0.05, 0.1) is 15.8 Å². The third-order valence-corrected chi connectivity index (χ3v) is 4.00. The number of thiophene rings is 1. The van der Waals surface area contributed by atoms with Gasteiger partial charge in [-0.1, -0.05) is 0 Å². The van der Waals surface area contributed by atoms with Gasteiger partial charge in [-0.3, -0.25) is 4.79 Å². The Labute approximate surface area is 123 Å². The number of anilines is 1. The van der Waals surface area contributed by atoms with E-state index in [1.807, 2.05) is 18.5 Å². The van der Waals surface area contributed by atoms with Crippen molar-refractivity contribution < 1.29 is 14.7 Å². The number of aromatic nitrogens is 2. The van der Waals surface area contributed by atoms with Gasteiger partial charge in [0.1, 0.15) is 11.5 Å². The number of rotatable bonds is 3. The van der Waals surface area contributed by atoms with Crippen molar-refractivity contribution in [1.29, 1.82) is 0 Å². The van der Waals surface area contributed by atoms with E-state index in [-0.39, 0.29) is 17.3 Å². The van der Waals surface area contributed by atoms with Crippen LogP contribution in [0.5, 0.6) is 0 Å². The molecule has 0 fully saturated rings. The van der Waals surface area contributed by atoms with Crippen LogP contribution in [-0.4, -0.2) is 26.5 Å². The molecule has 0 unspecified atom stereocenters. The van der Waals surface area contributed by atoms with Crippen LogP contribution in [0.25, 0.3) is 10.2 Å². The minimum Gasteiger partial charge on any atom is -0.478 e. The number of nitrogens with one attached hydrogen (secondary N) is 1. The molecule has 1 amide bonds. The number of fused-ring (bicyclic) bond motifs is 1. The average molecular weight is 301 g/mol. The Morgan fingerprint density at radius 2 is 2.14 bits per heavy atom. The molecule has 0 aromatic carbocycles. The molecule has 0 radical (unpaired) electrons. The lowest BCUT2D eigenvalue weighted by atomic mass is 10.2. The topological polar surface area (TPSA) is 84.2 Å². The first-order chi connectivity index (χ1) is 10.1. The summed E-state index contributed by atoms with van der Waals surface area (Å²) in [6.45, 7) is 0. The summed E-state index contributed by atoms with van der Waals surface area (Å²) in [5.74, 6) is -1.17. The van der Waals surface area contributed by atoms with Crippen molar-refractivity contribution in [2.24, 2.45) is 7.05 Å². The number of hydrogen-bond acceptors (Lipinski definition) is 4. The van der Waals surface area contributed by atoms with Crippen molar-refractivity contribution in [3.05, 3.63) is 47.1 Å². The summed E-state index contributed by atoms with van der Waals surface area (Å²) in [5.41, 5.74) is 1.56. The second-order valence-electron chi connectivity index (χ2n) is 4.45. The van der Waals surface area contributed by atoms with E-state index >= 15 is 0 Å². The zero-order valence-corrected chi connectivity index (χ0v) is 11.8. The number of nitrogens with zero attached hydrogens (tertiary/aromatic N) is 2. The lowest BCUT2D eigenvalue weighted by molar-refractivity contribution is 0.0696. The van der Waals surface area contributed by atoms with Crippen LogP contribution in [-0.2, 0) is 7.05 Å². The van der Waals surface area contributed by atoms with Gasteiger partial charge in [0.15, 0.2) is 0 Å². The monoisotopic (exact) mass is 301 g/mol. The number of carbonyl (C=O) groups excluding carboxylic acids is 1. The van der Waals surface area contributed by atoms with E-state index in [1.165, 1.54) is 18.3 Å². The Morgan fingerprint density at radius 3 is 2.86 bits per heavy atom. The molecule has 6 nitrogen and oxygen atoms in total. The lowest BCUT2D eigenvalue weighted by Gasteiger charge is -2.06. The van der Waals surface area contributed by atoms with E-state index in [9.17, 15) is 9.59 Å². The fourth-order valence-electron chi connectivity index (χ4n) is 2.08. The molecule has 0 atom stereocenters. The maximum absolute atomic E-state index is 12.3. The number of pyridine rings is 1. The van der Waals surface area contributed by atoms with Gasteiger partial charge in [-0.2, -0.15) is 0 Å². The highest BCUT2D eigenvalue weighted by Gasteiger charge is 2.15. The van der Waals surface area contributed by atoms with Gasteiger partial charge in [0.2, 0.25) is 0 Å². The van der Waals surface area contributed by atoms with Gasteiger partial charge in [0, 0.05) is 13.2 Å². The van der Waals surface area contributed by atoms with Gasteiger partial charge < -0.3 is 15.0 Å². The molecular weight excluding hydrogens is 290 g/mol. The highest BCUT2D eigenvalue weighted by atomic mass is 32.1. The quantitative estimate of drug-likeness (QED) is 0.778. The molecule has 0 aliphatic carbocycles. The van der Waals surface area contributed by atoms with Crippen molar-refractivity contribution in [3.8, 4) is 0 Å². The number of aromatic carboxylic acids is 1. The van der Waals surface area contributed by atoms with Gasteiger partial charge >= 0.3 is 5.97 Å².